The van der Waals surface area contributed by atoms with Gasteiger partial charge < -0.3 is 10.8 Å². The van der Waals surface area contributed by atoms with Gasteiger partial charge in [0.2, 0.25) is 0 Å². The molecule has 0 saturated heterocycles. The van der Waals surface area contributed by atoms with Crippen LogP contribution in [0.5, 0.6) is 0 Å². The smallest absolute Gasteiger partial charge is 0.153 e. The minimum atomic E-state index is -0.306. The molecule has 0 amide bonds. The molecule has 0 unspecified atom stereocenters. The molecule has 5 aromatic rings. The molecule has 2 aromatic carbocycles. The fourth-order valence-corrected chi connectivity index (χ4v) is 4.64. The van der Waals surface area contributed by atoms with E-state index in [0.29, 0.717) is 40.4 Å². The second kappa shape index (κ2) is 7.25. The molecule has 0 spiro atoms. The zero-order valence-electron chi connectivity index (χ0n) is 17.0. The highest BCUT2D eigenvalue weighted by atomic mass is 35.5. The maximum atomic E-state index is 9.79. The zero-order valence-corrected chi connectivity index (χ0v) is 17.7. The minimum absolute atomic E-state index is 0.114. The molecule has 32 heavy (non-hydrogen) atoms. The molecule has 1 aliphatic rings. The molecule has 3 aromatic heterocycles. The third-order valence-corrected chi connectivity index (χ3v) is 6.47. The van der Waals surface area contributed by atoms with Crippen LogP contribution < -0.4 is 5.73 Å². The number of anilines is 1. The molecule has 1 fully saturated rings. The number of aromatic nitrogens is 5. The fourth-order valence-electron chi connectivity index (χ4n) is 4.33. The number of hydrogen-bond donors (Lipinski definition) is 2. The van der Waals surface area contributed by atoms with E-state index in [2.05, 4.69) is 10.1 Å². The molecule has 7 nitrogen and oxygen atoms in total. The summed E-state index contributed by atoms with van der Waals surface area (Å²) in [5.41, 5.74) is 10.8. The molecule has 0 atom stereocenters. The lowest BCUT2D eigenvalue weighted by atomic mass is 9.82. The van der Waals surface area contributed by atoms with Gasteiger partial charge in [0.15, 0.2) is 5.82 Å². The van der Waals surface area contributed by atoms with E-state index in [4.69, 9.17) is 27.3 Å². The molecule has 0 aliphatic heterocycles. The maximum Gasteiger partial charge on any atom is 0.153 e. The van der Waals surface area contributed by atoms with E-state index in [0.717, 1.165) is 28.0 Å². The summed E-state index contributed by atoms with van der Waals surface area (Å²) in [6.45, 7) is 0. The van der Waals surface area contributed by atoms with Crippen LogP contribution in [0.1, 0.15) is 24.6 Å². The van der Waals surface area contributed by atoms with E-state index in [1.165, 1.54) is 6.33 Å². The molecular formula is C24H19ClN6O. The first-order valence-electron chi connectivity index (χ1n) is 10.4. The van der Waals surface area contributed by atoms with Gasteiger partial charge in [0, 0.05) is 22.4 Å². The van der Waals surface area contributed by atoms with Crippen LogP contribution in [0.4, 0.5) is 5.82 Å². The first kappa shape index (κ1) is 19.2. The predicted octanol–water partition coefficient (Wildman–Crippen LogP) is 4.48. The summed E-state index contributed by atoms with van der Waals surface area (Å²) < 4.78 is 1.72. The largest absolute Gasteiger partial charge is 0.393 e. The highest BCUT2D eigenvalue weighted by Gasteiger charge is 2.34. The van der Waals surface area contributed by atoms with Gasteiger partial charge in [-0.2, -0.15) is 5.10 Å². The number of pyridine rings is 1. The van der Waals surface area contributed by atoms with Crippen molar-refractivity contribution >= 4 is 33.8 Å². The Bertz CT molecular complexity index is 1480. The molecule has 1 aliphatic carbocycles. The summed E-state index contributed by atoms with van der Waals surface area (Å²) >= 11 is 6.91. The molecule has 3 N–H and O–H groups in total. The molecular weight excluding hydrogens is 424 g/mol. The number of imidazole rings is 1. The van der Waals surface area contributed by atoms with Crippen molar-refractivity contribution in [3.63, 3.8) is 0 Å². The Morgan fingerprint density at radius 3 is 2.56 bits per heavy atom. The molecule has 0 radical (unpaired) electrons. The van der Waals surface area contributed by atoms with Crippen molar-refractivity contribution in [2.24, 2.45) is 0 Å². The first-order chi connectivity index (χ1) is 15.6. The van der Waals surface area contributed by atoms with Gasteiger partial charge in [-0.15, -0.1) is 0 Å². The van der Waals surface area contributed by atoms with Gasteiger partial charge in [0.05, 0.1) is 22.3 Å². The highest BCUT2D eigenvalue weighted by Crippen LogP contribution is 2.41. The van der Waals surface area contributed by atoms with Crippen molar-refractivity contribution in [2.75, 3.05) is 5.73 Å². The fraction of sp³-hybridized carbons (Fsp3) is 0.167. The van der Waals surface area contributed by atoms with Crippen molar-refractivity contribution in [3.8, 4) is 22.5 Å². The number of benzene rings is 2. The average molecular weight is 443 g/mol. The number of nitrogens with two attached hydrogens (primary N) is 1. The van der Waals surface area contributed by atoms with Gasteiger partial charge in [0.25, 0.3) is 0 Å². The van der Waals surface area contributed by atoms with Crippen LogP contribution in [0.15, 0.2) is 60.9 Å². The molecule has 1 saturated carbocycles. The number of aliphatic hydroxyl groups is 1. The summed E-state index contributed by atoms with van der Waals surface area (Å²) in [4.78, 5) is 13.9. The standard InChI is InChI=1S/C24H19ClN6O/c25-19-17(8-6-14-7-9-18(29-20(14)19)13-4-2-1-3-5-13)21-22-23(26)27-12-28-31(22)24(30-21)15-10-16(32)11-15/h1-9,12,15-16,32H,10-11H2,(H2,26,27,28). The number of halogens is 1. The summed E-state index contributed by atoms with van der Waals surface area (Å²) in [5, 5.41) is 15.6. The number of rotatable bonds is 3. The van der Waals surface area contributed by atoms with Crippen LogP contribution in [-0.4, -0.2) is 35.8 Å². The van der Waals surface area contributed by atoms with Gasteiger partial charge in [-0.1, -0.05) is 60.1 Å². The summed E-state index contributed by atoms with van der Waals surface area (Å²) in [6, 6.07) is 17.9. The highest BCUT2D eigenvalue weighted by molar-refractivity contribution is 6.38. The van der Waals surface area contributed by atoms with Crippen molar-refractivity contribution in [2.45, 2.75) is 24.9 Å². The van der Waals surface area contributed by atoms with Crippen LogP contribution in [0, 0.1) is 0 Å². The van der Waals surface area contributed by atoms with Crippen LogP contribution in [0.3, 0.4) is 0 Å². The van der Waals surface area contributed by atoms with Crippen molar-refractivity contribution in [1.29, 1.82) is 0 Å². The maximum absolute atomic E-state index is 9.79. The topological polar surface area (TPSA) is 102 Å². The molecule has 158 valence electrons. The average Bonchev–Trinajstić information content (AvgIpc) is 3.18. The Labute approximate surface area is 188 Å². The Hall–Kier alpha value is -3.55. The SMILES string of the molecule is Nc1ncnn2c(C3CC(O)C3)nc(-c3ccc4ccc(-c5ccccc5)nc4c3Cl)c12. The lowest BCUT2D eigenvalue weighted by Crippen LogP contribution is -2.28. The number of nitrogens with zero attached hydrogens (tertiary/aromatic N) is 5. The van der Waals surface area contributed by atoms with E-state index in [1.807, 2.05) is 54.6 Å². The zero-order chi connectivity index (χ0) is 21.8. The van der Waals surface area contributed by atoms with Crippen LogP contribution in [0.2, 0.25) is 5.02 Å². The van der Waals surface area contributed by atoms with E-state index in [1.54, 1.807) is 4.52 Å². The summed E-state index contributed by atoms with van der Waals surface area (Å²) in [5.74, 6) is 1.20. The van der Waals surface area contributed by atoms with E-state index in [9.17, 15) is 5.11 Å². The minimum Gasteiger partial charge on any atom is -0.393 e. The summed E-state index contributed by atoms with van der Waals surface area (Å²) in [6.07, 6.45) is 2.41. The van der Waals surface area contributed by atoms with Crippen LogP contribution >= 0.6 is 11.6 Å². The second-order valence-corrected chi connectivity index (χ2v) is 8.49. The van der Waals surface area contributed by atoms with Crippen LogP contribution in [-0.2, 0) is 0 Å². The van der Waals surface area contributed by atoms with Crippen molar-refractivity contribution in [3.05, 3.63) is 71.8 Å². The molecule has 6 rings (SSSR count). The van der Waals surface area contributed by atoms with E-state index >= 15 is 0 Å². The number of aliphatic hydroxyl groups excluding tert-OH is 1. The Kier molecular flexibility index (Phi) is 4.34. The quantitative estimate of drug-likeness (QED) is 0.427. The van der Waals surface area contributed by atoms with Crippen LogP contribution in [0.25, 0.3) is 38.9 Å². The molecule has 0 bridgehead atoms. The normalized spacial score (nSPS) is 18.2. The Morgan fingerprint density at radius 2 is 1.78 bits per heavy atom. The third-order valence-electron chi connectivity index (χ3n) is 6.09. The molecule has 8 heteroatoms. The van der Waals surface area contributed by atoms with E-state index < -0.39 is 0 Å². The third kappa shape index (κ3) is 2.93. The number of fused-ring (bicyclic) bond motifs is 2. The number of nitrogen functional groups attached to an aromatic ring is 1. The second-order valence-electron chi connectivity index (χ2n) is 8.11. The summed E-state index contributed by atoms with van der Waals surface area (Å²) in [7, 11) is 0. The van der Waals surface area contributed by atoms with Gasteiger partial charge >= 0.3 is 0 Å². The monoisotopic (exact) mass is 442 g/mol. The van der Waals surface area contributed by atoms with Crippen molar-refractivity contribution in [1.82, 2.24) is 24.6 Å². The van der Waals surface area contributed by atoms with Gasteiger partial charge in [-0.25, -0.2) is 19.5 Å². The van der Waals surface area contributed by atoms with Gasteiger partial charge in [0.1, 0.15) is 23.4 Å². The number of hydrogen-bond acceptors (Lipinski definition) is 6. The van der Waals surface area contributed by atoms with Crippen molar-refractivity contribution < 1.29 is 5.11 Å². The van der Waals surface area contributed by atoms with Gasteiger partial charge in [-0.3, -0.25) is 0 Å². The first-order valence-corrected chi connectivity index (χ1v) is 10.8. The lowest BCUT2D eigenvalue weighted by Gasteiger charge is -2.29. The molecule has 3 heterocycles. The predicted molar refractivity (Wildman–Crippen MR) is 124 cm³/mol. The van der Waals surface area contributed by atoms with E-state index in [-0.39, 0.29) is 12.0 Å². The lowest BCUT2D eigenvalue weighted by molar-refractivity contribution is 0.0711. The van der Waals surface area contributed by atoms with Gasteiger partial charge in [-0.05, 0) is 18.9 Å². The Morgan fingerprint density at radius 1 is 1.00 bits per heavy atom. The Balaban J connectivity index is 1.56.